The van der Waals surface area contributed by atoms with Crippen LogP contribution in [0, 0.1) is 0 Å². The summed E-state index contributed by atoms with van der Waals surface area (Å²) in [7, 11) is 0. The third-order valence-corrected chi connectivity index (χ3v) is 7.78. The van der Waals surface area contributed by atoms with Crippen LogP contribution in [-0.2, 0) is 17.8 Å². The molecule has 0 radical (unpaired) electrons. The molecule has 0 saturated carbocycles. The summed E-state index contributed by atoms with van der Waals surface area (Å²) in [4.78, 5) is 14.3. The van der Waals surface area contributed by atoms with Gasteiger partial charge in [0.05, 0.1) is 11.7 Å². The molecule has 0 amide bonds. The Bertz CT molecular complexity index is 1750. The van der Waals surface area contributed by atoms with E-state index in [1.54, 1.807) is 12.1 Å². The molecule has 0 bridgehead atoms. The highest BCUT2D eigenvalue weighted by atomic mass is 16.7. The fourth-order valence-electron chi connectivity index (χ4n) is 5.90. The molecule has 4 atom stereocenters. The van der Waals surface area contributed by atoms with Crippen molar-refractivity contribution in [2.75, 3.05) is 0 Å². The lowest BCUT2D eigenvalue weighted by molar-refractivity contribution is -0.218. The molecule has 7 N–H and O–H groups in total. The van der Waals surface area contributed by atoms with E-state index >= 15 is 0 Å². The summed E-state index contributed by atoms with van der Waals surface area (Å²) in [5.41, 5.74) is -2.34. The number of aliphatic hydroxyl groups excluding tert-OH is 1. The van der Waals surface area contributed by atoms with Crippen LogP contribution in [0.5, 0.6) is 46.0 Å². The lowest BCUT2D eigenvalue weighted by atomic mass is 9.77. The van der Waals surface area contributed by atoms with E-state index in [4.69, 9.17) is 14.2 Å². The molecular weight excluding hydrogens is 536 g/mol. The SMILES string of the molecule is O=C1c2c(O)cc(O)cc2O[C@]12c1c(cc(O)c3c1O[C@@H](c1ccc(O)cc1)[C@@H](O)C3)O[C@@]2(O)c1ccc(O)cc1. The number of ether oxygens (including phenoxy) is 3. The number of Topliss-reactive ketones (excluding diaryl/α,β-unsaturated/α-hetero) is 1. The molecule has 4 aromatic rings. The van der Waals surface area contributed by atoms with E-state index in [1.165, 1.54) is 42.5 Å². The summed E-state index contributed by atoms with van der Waals surface area (Å²) in [6.07, 6.45) is -2.30. The van der Waals surface area contributed by atoms with Gasteiger partial charge in [0.2, 0.25) is 5.78 Å². The molecule has 7 rings (SSSR count). The van der Waals surface area contributed by atoms with Gasteiger partial charge in [-0.1, -0.05) is 12.1 Å². The van der Waals surface area contributed by atoms with Crippen molar-refractivity contribution in [2.45, 2.75) is 30.0 Å². The average Bonchev–Trinajstić information content (AvgIpc) is 3.36. The maximum Gasteiger partial charge on any atom is 0.287 e. The highest BCUT2D eigenvalue weighted by Crippen LogP contribution is 2.64. The van der Waals surface area contributed by atoms with Gasteiger partial charge in [0.1, 0.15) is 57.7 Å². The smallest absolute Gasteiger partial charge is 0.287 e. The molecule has 11 heteroatoms. The minimum absolute atomic E-state index is 0.00456. The van der Waals surface area contributed by atoms with Crippen molar-refractivity contribution in [1.29, 1.82) is 0 Å². The molecule has 4 aromatic carbocycles. The van der Waals surface area contributed by atoms with Gasteiger partial charge in [-0.05, 0) is 42.0 Å². The first kappa shape index (κ1) is 24.9. The fraction of sp³-hybridized carbons (Fsp3) is 0.167. The predicted octanol–water partition coefficient (Wildman–Crippen LogP) is 2.96. The molecule has 0 saturated heterocycles. The van der Waals surface area contributed by atoms with Gasteiger partial charge in [-0.15, -0.1) is 0 Å². The van der Waals surface area contributed by atoms with Crippen LogP contribution in [0.15, 0.2) is 66.7 Å². The topological polar surface area (TPSA) is 186 Å². The number of aromatic hydroxyl groups is 5. The van der Waals surface area contributed by atoms with Crippen LogP contribution in [0.2, 0.25) is 0 Å². The molecule has 0 aromatic heterocycles. The van der Waals surface area contributed by atoms with Gasteiger partial charge in [0, 0.05) is 35.7 Å². The largest absolute Gasteiger partial charge is 0.508 e. The maximum atomic E-state index is 14.3. The van der Waals surface area contributed by atoms with Crippen LogP contribution in [0.3, 0.4) is 0 Å². The number of ketones is 1. The number of hydrogen-bond acceptors (Lipinski definition) is 11. The number of phenols is 5. The van der Waals surface area contributed by atoms with E-state index < -0.39 is 40.9 Å². The third kappa shape index (κ3) is 3.24. The number of fused-ring (bicyclic) bond motifs is 5. The summed E-state index contributed by atoms with van der Waals surface area (Å²) in [5.74, 6) is -5.55. The zero-order valence-electron chi connectivity index (χ0n) is 21.0. The normalized spacial score (nSPS) is 25.6. The van der Waals surface area contributed by atoms with Crippen LogP contribution >= 0.6 is 0 Å². The Morgan fingerprint density at radius 2 is 1.41 bits per heavy atom. The van der Waals surface area contributed by atoms with Crippen molar-refractivity contribution in [3.8, 4) is 46.0 Å². The number of hydrogen-bond donors (Lipinski definition) is 7. The zero-order chi connectivity index (χ0) is 28.8. The third-order valence-electron chi connectivity index (χ3n) is 7.78. The van der Waals surface area contributed by atoms with Gasteiger partial charge in [-0.25, -0.2) is 0 Å². The van der Waals surface area contributed by atoms with Gasteiger partial charge in [0.15, 0.2) is 0 Å². The second-order valence-electron chi connectivity index (χ2n) is 10.2. The molecule has 1 spiro atoms. The van der Waals surface area contributed by atoms with Crippen LogP contribution in [-0.4, -0.2) is 47.6 Å². The van der Waals surface area contributed by atoms with Crippen LogP contribution < -0.4 is 14.2 Å². The number of rotatable bonds is 2. The van der Waals surface area contributed by atoms with E-state index in [9.17, 15) is 40.5 Å². The van der Waals surface area contributed by atoms with Crippen molar-refractivity contribution >= 4 is 5.78 Å². The van der Waals surface area contributed by atoms with Crippen molar-refractivity contribution in [2.24, 2.45) is 0 Å². The molecule has 0 aliphatic carbocycles. The van der Waals surface area contributed by atoms with Gasteiger partial charge >= 0.3 is 0 Å². The number of carbonyl (C=O) groups excluding carboxylic acids is 1. The standard InChI is InChI=1S/C30H22O11/c31-15-5-1-13(2-6-15)26-21(36)11-18-19(34)12-23-25(27(18)39-26)29(30(38,41-23)14-3-7-16(32)8-4-14)28(37)24-20(35)9-17(33)10-22(24)40-29/h1-10,12,21,26,31-36,38H,11H2/t21-,26-,29+,30-/m0/s1. The minimum Gasteiger partial charge on any atom is -0.508 e. The minimum atomic E-state index is -2.63. The Morgan fingerprint density at radius 3 is 2.10 bits per heavy atom. The van der Waals surface area contributed by atoms with Crippen LogP contribution in [0.25, 0.3) is 0 Å². The molecule has 41 heavy (non-hydrogen) atoms. The summed E-state index contributed by atoms with van der Waals surface area (Å²) < 4.78 is 18.5. The Balaban J connectivity index is 1.50. The van der Waals surface area contributed by atoms with Crippen molar-refractivity contribution in [1.82, 2.24) is 0 Å². The van der Waals surface area contributed by atoms with E-state index in [-0.39, 0.29) is 63.2 Å². The average molecular weight is 558 g/mol. The second-order valence-corrected chi connectivity index (χ2v) is 10.2. The number of phenolic OH excluding ortho intramolecular Hbond substituents is 5. The molecule has 3 aliphatic heterocycles. The Morgan fingerprint density at radius 1 is 0.756 bits per heavy atom. The van der Waals surface area contributed by atoms with E-state index in [2.05, 4.69) is 0 Å². The van der Waals surface area contributed by atoms with Crippen molar-refractivity contribution in [3.63, 3.8) is 0 Å². The van der Waals surface area contributed by atoms with E-state index in [0.29, 0.717) is 5.56 Å². The first-order valence-corrected chi connectivity index (χ1v) is 12.6. The second kappa shape index (κ2) is 8.19. The quantitative estimate of drug-likeness (QED) is 0.192. The molecule has 0 unspecified atom stereocenters. The first-order chi connectivity index (χ1) is 19.5. The molecule has 208 valence electrons. The summed E-state index contributed by atoms with van der Waals surface area (Å²) in [6, 6.07) is 14.3. The molecular formula is C30H22O11. The van der Waals surface area contributed by atoms with Crippen LogP contribution in [0.4, 0.5) is 0 Å². The van der Waals surface area contributed by atoms with E-state index in [0.717, 1.165) is 12.1 Å². The van der Waals surface area contributed by atoms with Gasteiger partial charge in [-0.2, -0.15) is 0 Å². The lowest BCUT2D eigenvalue weighted by Crippen LogP contribution is -2.55. The molecule has 3 heterocycles. The maximum absolute atomic E-state index is 14.3. The Labute approximate surface area is 231 Å². The lowest BCUT2D eigenvalue weighted by Gasteiger charge is -2.37. The summed E-state index contributed by atoms with van der Waals surface area (Å²) in [6.45, 7) is 0. The Hall–Kier alpha value is -5.13. The van der Waals surface area contributed by atoms with Crippen LogP contribution in [0.1, 0.15) is 38.7 Å². The van der Waals surface area contributed by atoms with Crippen molar-refractivity contribution < 1.29 is 54.8 Å². The van der Waals surface area contributed by atoms with E-state index in [1.807, 2.05) is 0 Å². The van der Waals surface area contributed by atoms with Crippen molar-refractivity contribution in [3.05, 3.63) is 94.5 Å². The molecule has 11 nitrogen and oxygen atoms in total. The zero-order valence-corrected chi connectivity index (χ0v) is 21.0. The predicted molar refractivity (Wildman–Crippen MR) is 138 cm³/mol. The summed E-state index contributed by atoms with van der Waals surface area (Å²) in [5, 5.41) is 74.6. The first-order valence-electron chi connectivity index (χ1n) is 12.6. The molecule has 3 aliphatic rings. The Kier molecular flexibility index (Phi) is 4.97. The van der Waals surface area contributed by atoms with Gasteiger partial charge in [0.25, 0.3) is 11.4 Å². The van der Waals surface area contributed by atoms with Gasteiger partial charge in [-0.3, -0.25) is 4.79 Å². The highest BCUT2D eigenvalue weighted by Gasteiger charge is 2.73. The number of aliphatic hydroxyl groups is 2. The highest BCUT2D eigenvalue weighted by molar-refractivity contribution is 6.12. The van der Waals surface area contributed by atoms with Gasteiger partial charge < -0.3 is 50.0 Å². The monoisotopic (exact) mass is 558 g/mol. The number of benzene rings is 4. The fourth-order valence-corrected chi connectivity index (χ4v) is 5.90. The molecule has 0 fully saturated rings. The summed E-state index contributed by atoms with van der Waals surface area (Å²) >= 11 is 0. The number of carbonyl (C=O) groups is 1.